The molecule has 0 spiro atoms. The van der Waals surface area contributed by atoms with Crippen LogP contribution in [0.15, 0.2) is 29.2 Å². The predicted octanol–water partition coefficient (Wildman–Crippen LogP) is 1.59. The van der Waals surface area contributed by atoms with E-state index in [0.717, 1.165) is 18.4 Å². The van der Waals surface area contributed by atoms with Gasteiger partial charge in [-0.05, 0) is 36.0 Å². The van der Waals surface area contributed by atoms with Crippen molar-refractivity contribution in [3.05, 3.63) is 29.8 Å². The van der Waals surface area contributed by atoms with Gasteiger partial charge in [-0.1, -0.05) is 31.3 Å². The van der Waals surface area contributed by atoms with Gasteiger partial charge in [0, 0.05) is 13.0 Å². The minimum atomic E-state index is -3.41. The average Bonchev–Trinajstić information content (AvgIpc) is 3.06. The fraction of sp³-hybridized carbons (Fsp3) is 0.462. The van der Waals surface area contributed by atoms with E-state index in [9.17, 15) is 8.42 Å². The van der Waals surface area contributed by atoms with Crippen LogP contribution in [0.1, 0.15) is 25.3 Å². The Morgan fingerprint density at radius 1 is 1.37 bits per heavy atom. The molecule has 0 amide bonds. The summed E-state index contributed by atoms with van der Waals surface area (Å²) in [6.07, 6.45) is 2.66. The number of hydrogen-bond acceptors (Lipinski definition) is 3. The summed E-state index contributed by atoms with van der Waals surface area (Å²) in [6.45, 7) is 2.59. The smallest absolute Gasteiger partial charge is 0.240 e. The maximum Gasteiger partial charge on any atom is 0.240 e. The number of hydrogen-bond donors (Lipinski definition) is 2. The molecule has 19 heavy (non-hydrogen) atoms. The molecule has 2 rings (SSSR count). The molecule has 0 atom stereocenters. The maximum atomic E-state index is 12.1. The van der Waals surface area contributed by atoms with Crippen molar-refractivity contribution in [2.45, 2.75) is 31.1 Å². The van der Waals surface area contributed by atoms with Crippen LogP contribution in [-0.2, 0) is 16.4 Å². The SMILES string of the molecule is CC1(CNS(=O)(=O)c2ccc(CC(N)=S)cc2)CC1. The lowest BCUT2D eigenvalue weighted by Crippen LogP contribution is -2.29. The van der Waals surface area contributed by atoms with Crippen molar-refractivity contribution in [2.24, 2.45) is 11.1 Å². The van der Waals surface area contributed by atoms with Crippen LogP contribution in [-0.4, -0.2) is 20.0 Å². The standard InChI is InChI=1S/C13H18N2O2S2/c1-13(6-7-13)9-15-19(16,17)11-4-2-10(3-5-11)8-12(14)18/h2-5,15H,6-9H2,1H3,(H2,14,18). The molecule has 0 unspecified atom stereocenters. The molecule has 1 fully saturated rings. The van der Waals surface area contributed by atoms with Crippen molar-refractivity contribution in [2.75, 3.05) is 6.54 Å². The Bertz CT molecular complexity index is 575. The Morgan fingerprint density at radius 3 is 2.42 bits per heavy atom. The Balaban J connectivity index is 2.05. The third-order valence-corrected chi connectivity index (χ3v) is 4.97. The first-order valence-corrected chi connectivity index (χ1v) is 8.07. The van der Waals surface area contributed by atoms with Crippen molar-refractivity contribution in [3.8, 4) is 0 Å². The first-order chi connectivity index (χ1) is 8.81. The molecule has 3 N–H and O–H groups in total. The van der Waals surface area contributed by atoms with E-state index in [1.54, 1.807) is 24.3 Å². The van der Waals surface area contributed by atoms with Crippen LogP contribution in [0, 0.1) is 5.41 Å². The Kier molecular flexibility index (Phi) is 3.94. The molecule has 1 aliphatic rings. The Hall–Kier alpha value is -0.980. The number of benzene rings is 1. The van der Waals surface area contributed by atoms with E-state index in [-0.39, 0.29) is 10.3 Å². The van der Waals surface area contributed by atoms with Crippen LogP contribution in [0.2, 0.25) is 0 Å². The van der Waals surface area contributed by atoms with Gasteiger partial charge in [0.2, 0.25) is 10.0 Å². The lowest BCUT2D eigenvalue weighted by molar-refractivity contribution is 0.530. The first-order valence-electron chi connectivity index (χ1n) is 6.18. The van der Waals surface area contributed by atoms with Crippen LogP contribution in [0.5, 0.6) is 0 Å². The van der Waals surface area contributed by atoms with Gasteiger partial charge in [-0.3, -0.25) is 0 Å². The topological polar surface area (TPSA) is 72.2 Å². The summed E-state index contributed by atoms with van der Waals surface area (Å²) < 4.78 is 26.8. The second-order valence-electron chi connectivity index (χ2n) is 5.42. The molecule has 1 aromatic rings. The van der Waals surface area contributed by atoms with Crippen LogP contribution < -0.4 is 10.5 Å². The molecule has 1 saturated carbocycles. The number of rotatable bonds is 6. The lowest BCUT2D eigenvalue weighted by atomic mass is 10.1. The fourth-order valence-corrected chi connectivity index (χ4v) is 3.10. The summed E-state index contributed by atoms with van der Waals surface area (Å²) in [6, 6.07) is 6.66. The zero-order valence-corrected chi connectivity index (χ0v) is 12.5. The van der Waals surface area contributed by atoms with Gasteiger partial charge in [0.15, 0.2) is 0 Å². The molecule has 1 aromatic carbocycles. The minimum Gasteiger partial charge on any atom is -0.393 e. The Labute approximate surface area is 119 Å². The van der Waals surface area contributed by atoms with Crippen molar-refractivity contribution >= 4 is 27.2 Å². The molecule has 4 nitrogen and oxygen atoms in total. The number of sulfonamides is 1. The molecule has 0 heterocycles. The molecule has 0 radical (unpaired) electrons. The third kappa shape index (κ3) is 3.99. The summed E-state index contributed by atoms with van der Waals surface area (Å²) in [5.74, 6) is 0. The van der Waals surface area contributed by atoms with Crippen molar-refractivity contribution in [3.63, 3.8) is 0 Å². The summed E-state index contributed by atoms with van der Waals surface area (Å²) >= 11 is 4.82. The van der Waals surface area contributed by atoms with Gasteiger partial charge in [-0.15, -0.1) is 0 Å². The molecule has 0 aliphatic heterocycles. The summed E-state index contributed by atoms with van der Waals surface area (Å²) in [4.78, 5) is 0.679. The zero-order valence-electron chi connectivity index (χ0n) is 10.8. The van der Waals surface area contributed by atoms with Crippen LogP contribution in [0.4, 0.5) is 0 Å². The van der Waals surface area contributed by atoms with E-state index in [2.05, 4.69) is 11.6 Å². The molecule has 6 heteroatoms. The predicted molar refractivity (Wildman–Crippen MR) is 79.5 cm³/mol. The average molecular weight is 298 g/mol. The fourth-order valence-electron chi connectivity index (χ4n) is 1.73. The highest BCUT2D eigenvalue weighted by molar-refractivity contribution is 7.89. The molecule has 0 aromatic heterocycles. The summed E-state index contributed by atoms with van der Waals surface area (Å²) in [7, 11) is -3.41. The van der Waals surface area contributed by atoms with Gasteiger partial charge in [0.1, 0.15) is 0 Å². The first kappa shape index (κ1) is 14.4. The second-order valence-corrected chi connectivity index (χ2v) is 7.71. The largest absolute Gasteiger partial charge is 0.393 e. The van der Waals surface area contributed by atoms with Gasteiger partial charge in [-0.2, -0.15) is 0 Å². The van der Waals surface area contributed by atoms with E-state index in [0.29, 0.717) is 18.0 Å². The summed E-state index contributed by atoms with van der Waals surface area (Å²) in [5, 5.41) is 0. The maximum absolute atomic E-state index is 12.1. The van der Waals surface area contributed by atoms with E-state index in [1.807, 2.05) is 0 Å². The van der Waals surface area contributed by atoms with Crippen molar-refractivity contribution in [1.29, 1.82) is 0 Å². The van der Waals surface area contributed by atoms with Gasteiger partial charge in [0.25, 0.3) is 0 Å². The van der Waals surface area contributed by atoms with Gasteiger partial charge in [0.05, 0.1) is 9.88 Å². The highest BCUT2D eigenvalue weighted by Gasteiger charge is 2.38. The lowest BCUT2D eigenvalue weighted by Gasteiger charge is -2.11. The van der Waals surface area contributed by atoms with Crippen LogP contribution in [0.25, 0.3) is 0 Å². The second kappa shape index (κ2) is 5.19. The minimum absolute atomic E-state index is 0.152. The van der Waals surface area contributed by atoms with Crippen LogP contribution in [0.3, 0.4) is 0 Å². The number of nitrogens with one attached hydrogen (secondary N) is 1. The number of thiocarbonyl (C=S) groups is 1. The van der Waals surface area contributed by atoms with Crippen molar-refractivity contribution < 1.29 is 8.42 Å². The molecule has 0 saturated heterocycles. The Morgan fingerprint density at radius 2 is 1.95 bits per heavy atom. The van der Waals surface area contributed by atoms with Gasteiger partial charge >= 0.3 is 0 Å². The van der Waals surface area contributed by atoms with E-state index in [1.165, 1.54) is 0 Å². The molecular weight excluding hydrogens is 280 g/mol. The quantitative estimate of drug-likeness (QED) is 0.782. The molecular formula is C13H18N2O2S2. The number of nitrogens with two attached hydrogens (primary N) is 1. The summed E-state index contributed by atoms with van der Waals surface area (Å²) in [5.41, 5.74) is 6.52. The highest BCUT2D eigenvalue weighted by Crippen LogP contribution is 2.44. The van der Waals surface area contributed by atoms with E-state index < -0.39 is 10.0 Å². The van der Waals surface area contributed by atoms with Crippen molar-refractivity contribution in [1.82, 2.24) is 4.72 Å². The van der Waals surface area contributed by atoms with E-state index >= 15 is 0 Å². The zero-order chi connectivity index (χ0) is 14.1. The molecule has 1 aliphatic carbocycles. The molecule has 104 valence electrons. The monoisotopic (exact) mass is 298 g/mol. The molecule has 0 bridgehead atoms. The normalized spacial score (nSPS) is 17.1. The van der Waals surface area contributed by atoms with Crippen LogP contribution >= 0.6 is 12.2 Å². The van der Waals surface area contributed by atoms with Gasteiger partial charge in [-0.25, -0.2) is 13.1 Å². The third-order valence-electron chi connectivity index (χ3n) is 3.40. The van der Waals surface area contributed by atoms with Gasteiger partial charge < -0.3 is 5.73 Å². The van der Waals surface area contributed by atoms with E-state index in [4.69, 9.17) is 18.0 Å². The highest BCUT2D eigenvalue weighted by atomic mass is 32.2.